The number of benzene rings is 2. The number of anilines is 3. The number of hydrogen-bond donors (Lipinski definition) is 2. The molecule has 1 aliphatic heterocycles. The Morgan fingerprint density at radius 2 is 1.86 bits per heavy atom. The van der Waals surface area contributed by atoms with E-state index < -0.39 is 12.0 Å². The Hall–Kier alpha value is -3.91. The van der Waals surface area contributed by atoms with Crippen molar-refractivity contribution in [3.05, 3.63) is 71.7 Å². The van der Waals surface area contributed by atoms with Crippen LogP contribution in [0.5, 0.6) is 11.5 Å². The normalized spacial score (nSPS) is 12.7. The van der Waals surface area contributed by atoms with Gasteiger partial charge in [0.05, 0.1) is 22.4 Å². The maximum absolute atomic E-state index is 12.9. The molecule has 2 N–H and O–H groups in total. The maximum Gasteiger partial charge on any atom is 0.348 e. The Morgan fingerprint density at radius 1 is 1.07 bits per heavy atom. The molecule has 2 amide bonds. The van der Waals surface area contributed by atoms with Crippen molar-refractivity contribution in [2.45, 2.75) is 0 Å². The van der Waals surface area contributed by atoms with Crippen molar-refractivity contribution in [1.29, 1.82) is 0 Å². The fourth-order valence-electron chi connectivity index (χ4n) is 3.30. The van der Waals surface area contributed by atoms with Crippen LogP contribution in [0.3, 0.4) is 0 Å². The van der Waals surface area contributed by atoms with Crippen molar-refractivity contribution in [3.63, 3.8) is 0 Å². The number of rotatable bonds is 4. The number of ether oxygens (including phenoxy) is 1. The van der Waals surface area contributed by atoms with Crippen LogP contribution >= 0.6 is 11.3 Å². The lowest BCUT2D eigenvalue weighted by molar-refractivity contribution is 0.0703. The molecule has 0 unspecified atom stereocenters. The number of aromatic carboxylic acids is 1. The van der Waals surface area contributed by atoms with Crippen molar-refractivity contribution in [1.82, 2.24) is 4.98 Å². The van der Waals surface area contributed by atoms with E-state index in [0.29, 0.717) is 38.8 Å². The fourth-order valence-corrected chi connectivity index (χ4v) is 4.26. The zero-order chi connectivity index (χ0) is 20.0. The van der Waals surface area contributed by atoms with Crippen LogP contribution in [-0.2, 0) is 0 Å². The number of carboxylic acids is 1. The summed E-state index contributed by atoms with van der Waals surface area (Å²) in [5, 5.41) is 12.8. The Labute approximate surface area is 168 Å². The third-order valence-corrected chi connectivity index (χ3v) is 5.58. The van der Waals surface area contributed by atoms with Crippen molar-refractivity contribution in [2.24, 2.45) is 0 Å². The first-order valence-electron chi connectivity index (χ1n) is 8.71. The van der Waals surface area contributed by atoms with Crippen LogP contribution in [0, 0.1) is 0 Å². The van der Waals surface area contributed by atoms with E-state index in [1.807, 2.05) is 30.3 Å². The zero-order valence-corrected chi connectivity index (χ0v) is 15.6. The molecule has 0 bridgehead atoms. The fraction of sp³-hybridized carbons (Fsp3) is 0. The summed E-state index contributed by atoms with van der Waals surface area (Å²) in [5.41, 5.74) is 1.46. The second-order valence-electron chi connectivity index (χ2n) is 6.30. The number of carboxylic acid groups (broad SMARTS) is 1. The van der Waals surface area contributed by atoms with Crippen molar-refractivity contribution >= 4 is 50.6 Å². The van der Waals surface area contributed by atoms with Crippen molar-refractivity contribution < 1.29 is 19.4 Å². The number of carbonyl (C=O) groups is 2. The average molecular weight is 403 g/mol. The van der Waals surface area contributed by atoms with Gasteiger partial charge in [-0.3, -0.25) is 4.90 Å². The number of urea groups is 1. The van der Waals surface area contributed by atoms with Gasteiger partial charge in [-0.2, -0.15) is 0 Å². The Kier molecular flexibility index (Phi) is 3.92. The molecule has 4 aromatic rings. The van der Waals surface area contributed by atoms with Gasteiger partial charge in [0.25, 0.3) is 0 Å². The lowest BCUT2D eigenvalue weighted by atomic mass is 10.1. The molecule has 2 aromatic heterocycles. The number of hydrogen-bond acceptors (Lipinski definition) is 5. The Balaban J connectivity index is 1.61. The van der Waals surface area contributed by atoms with E-state index in [0.717, 1.165) is 11.3 Å². The highest BCUT2D eigenvalue weighted by Gasteiger charge is 2.32. The van der Waals surface area contributed by atoms with Crippen LogP contribution < -0.4 is 15.0 Å². The summed E-state index contributed by atoms with van der Waals surface area (Å²) < 4.78 is 5.88. The maximum atomic E-state index is 12.9. The van der Waals surface area contributed by atoms with Gasteiger partial charge in [-0.25, -0.2) is 14.6 Å². The topological polar surface area (TPSA) is 91.8 Å². The third-order valence-electron chi connectivity index (χ3n) is 4.49. The van der Waals surface area contributed by atoms with Gasteiger partial charge in [-0.15, -0.1) is 11.3 Å². The second-order valence-corrected chi connectivity index (χ2v) is 7.30. The lowest BCUT2D eigenvalue weighted by Crippen LogP contribution is -2.34. The van der Waals surface area contributed by atoms with E-state index in [1.54, 1.807) is 36.5 Å². The SMILES string of the molecule is O=C(O)c1sc2nccc3c2c1NC(=O)N3c1cccc(Oc2ccccc2)c1. The number of pyridine rings is 1. The Morgan fingerprint density at radius 3 is 2.66 bits per heavy atom. The molecule has 2 aromatic carbocycles. The van der Waals surface area contributed by atoms with Crippen LogP contribution in [0.4, 0.5) is 21.9 Å². The standard InChI is InChI=1S/C21H13N3O4S/c25-20(26)18-17-16-15(9-10-22-19(16)29-18)24(21(27)23-17)12-5-4-8-14(11-12)28-13-6-2-1-3-7-13/h1-11H,(H,23,27)(H,25,26). The number of aromatic nitrogens is 1. The minimum Gasteiger partial charge on any atom is -0.477 e. The van der Waals surface area contributed by atoms with Gasteiger partial charge < -0.3 is 15.2 Å². The molecular weight excluding hydrogens is 390 g/mol. The first-order valence-corrected chi connectivity index (χ1v) is 9.52. The molecule has 7 nitrogen and oxygen atoms in total. The molecular formula is C21H13N3O4S. The molecule has 0 radical (unpaired) electrons. The minimum absolute atomic E-state index is 0.0640. The number of thiophene rings is 1. The zero-order valence-electron chi connectivity index (χ0n) is 14.8. The molecule has 8 heteroatoms. The van der Waals surface area contributed by atoms with Gasteiger partial charge in [0.2, 0.25) is 0 Å². The molecule has 142 valence electrons. The summed E-state index contributed by atoms with van der Waals surface area (Å²) in [6, 6.07) is 17.8. The summed E-state index contributed by atoms with van der Waals surface area (Å²) in [7, 11) is 0. The molecule has 0 spiro atoms. The van der Waals surface area contributed by atoms with Crippen molar-refractivity contribution in [2.75, 3.05) is 10.2 Å². The monoisotopic (exact) mass is 403 g/mol. The largest absolute Gasteiger partial charge is 0.477 e. The Bertz CT molecular complexity index is 1270. The molecule has 5 rings (SSSR count). The van der Waals surface area contributed by atoms with Gasteiger partial charge >= 0.3 is 12.0 Å². The number of amides is 2. The van der Waals surface area contributed by atoms with E-state index in [-0.39, 0.29) is 4.88 Å². The van der Waals surface area contributed by atoms with E-state index in [9.17, 15) is 14.7 Å². The minimum atomic E-state index is -1.10. The number of para-hydroxylation sites is 1. The van der Waals surface area contributed by atoms with Gasteiger partial charge in [0, 0.05) is 12.3 Å². The van der Waals surface area contributed by atoms with Crippen molar-refractivity contribution in [3.8, 4) is 11.5 Å². The summed E-state index contributed by atoms with van der Waals surface area (Å²) >= 11 is 1.04. The molecule has 0 saturated carbocycles. The summed E-state index contributed by atoms with van der Waals surface area (Å²) in [6.07, 6.45) is 1.57. The van der Waals surface area contributed by atoms with Crippen LogP contribution in [0.1, 0.15) is 9.67 Å². The summed E-state index contributed by atoms with van der Waals surface area (Å²) in [5.74, 6) is 0.167. The predicted octanol–water partition coefficient (Wildman–Crippen LogP) is 5.47. The number of nitrogens with one attached hydrogen (secondary N) is 1. The smallest absolute Gasteiger partial charge is 0.348 e. The third kappa shape index (κ3) is 2.86. The van der Waals surface area contributed by atoms with Gasteiger partial charge in [-0.05, 0) is 30.3 Å². The summed E-state index contributed by atoms with van der Waals surface area (Å²) in [4.78, 5) is 30.8. The molecule has 0 fully saturated rings. The first kappa shape index (κ1) is 17.2. The van der Waals surface area contributed by atoms with E-state index >= 15 is 0 Å². The van der Waals surface area contributed by atoms with E-state index in [2.05, 4.69) is 10.3 Å². The number of nitrogens with zero attached hydrogens (tertiary/aromatic N) is 2. The lowest BCUT2D eigenvalue weighted by Gasteiger charge is -2.28. The highest BCUT2D eigenvalue weighted by Crippen LogP contribution is 2.46. The summed E-state index contributed by atoms with van der Waals surface area (Å²) in [6.45, 7) is 0. The highest BCUT2D eigenvalue weighted by atomic mass is 32.1. The van der Waals surface area contributed by atoms with Crippen LogP contribution in [-0.4, -0.2) is 22.1 Å². The van der Waals surface area contributed by atoms with Gasteiger partial charge in [0.15, 0.2) is 0 Å². The van der Waals surface area contributed by atoms with E-state index in [4.69, 9.17) is 4.74 Å². The highest BCUT2D eigenvalue weighted by molar-refractivity contribution is 7.21. The van der Waals surface area contributed by atoms with Gasteiger partial charge in [-0.1, -0.05) is 24.3 Å². The molecule has 3 heterocycles. The molecule has 29 heavy (non-hydrogen) atoms. The van der Waals surface area contributed by atoms with Crippen LogP contribution in [0.2, 0.25) is 0 Å². The van der Waals surface area contributed by atoms with Crippen LogP contribution in [0.25, 0.3) is 10.2 Å². The van der Waals surface area contributed by atoms with E-state index in [1.165, 1.54) is 4.90 Å². The first-order chi connectivity index (χ1) is 14.1. The molecule has 0 aliphatic carbocycles. The number of carbonyl (C=O) groups excluding carboxylic acids is 1. The average Bonchev–Trinajstić information content (AvgIpc) is 3.09. The quantitative estimate of drug-likeness (QED) is 0.471. The van der Waals surface area contributed by atoms with Crippen LogP contribution in [0.15, 0.2) is 66.9 Å². The molecule has 1 aliphatic rings. The predicted molar refractivity (Wildman–Crippen MR) is 111 cm³/mol. The molecule has 0 saturated heterocycles. The van der Waals surface area contributed by atoms with Gasteiger partial charge in [0.1, 0.15) is 21.2 Å². The molecule has 0 atom stereocenters. The second kappa shape index (κ2) is 6.61.